The molecule has 0 aliphatic heterocycles. The lowest BCUT2D eigenvalue weighted by Gasteiger charge is -2.10. The molecule has 0 spiro atoms. The molecule has 0 aliphatic carbocycles. The molecule has 1 unspecified atom stereocenters. The molecule has 0 aromatic carbocycles. The second kappa shape index (κ2) is 8.54. The van der Waals surface area contributed by atoms with Gasteiger partial charge in [-0.15, -0.1) is 0 Å². The predicted molar refractivity (Wildman–Crippen MR) is 60.1 cm³/mol. The van der Waals surface area contributed by atoms with Gasteiger partial charge in [-0.3, -0.25) is 4.79 Å². The first-order valence-corrected chi connectivity index (χ1v) is 6.15. The molecule has 0 saturated heterocycles. The van der Waals surface area contributed by atoms with Gasteiger partial charge < -0.3 is 5.32 Å². The van der Waals surface area contributed by atoms with Gasteiger partial charge in [0, 0.05) is 18.3 Å². The van der Waals surface area contributed by atoms with Crippen molar-refractivity contribution < 1.29 is 4.79 Å². The zero-order valence-electron chi connectivity index (χ0n) is 8.61. The Morgan fingerprint density at radius 2 is 2.23 bits per heavy atom. The third kappa shape index (κ3) is 8.28. The van der Waals surface area contributed by atoms with Crippen LogP contribution in [0.25, 0.3) is 0 Å². The van der Waals surface area contributed by atoms with Crippen molar-refractivity contribution in [3.05, 3.63) is 0 Å². The van der Waals surface area contributed by atoms with Crippen molar-refractivity contribution in [3.8, 4) is 0 Å². The molecule has 0 saturated carbocycles. The van der Waals surface area contributed by atoms with Crippen molar-refractivity contribution in [2.24, 2.45) is 5.92 Å². The quantitative estimate of drug-likeness (QED) is 0.691. The van der Waals surface area contributed by atoms with Crippen LogP contribution >= 0.6 is 15.9 Å². The van der Waals surface area contributed by atoms with E-state index in [1.807, 2.05) is 0 Å². The van der Waals surface area contributed by atoms with Gasteiger partial charge in [0.15, 0.2) is 0 Å². The van der Waals surface area contributed by atoms with Gasteiger partial charge in [-0.1, -0.05) is 36.2 Å². The highest BCUT2D eigenvalue weighted by molar-refractivity contribution is 9.09. The smallest absolute Gasteiger partial charge is 0.220 e. The van der Waals surface area contributed by atoms with Crippen LogP contribution in [0.1, 0.15) is 39.5 Å². The lowest BCUT2D eigenvalue weighted by molar-refractivity contribution is -0.121. The topological polar surface area (TPSA) is 29.1 Å². The van der Waals surface area contributed by atoms with E-state index in [0.717, 1.165) is 31.1 Å². The first-order valence-electron chi connectivity index (χ1n) is 5.03. The number of unbranched alkanes of at least 4 members (excludes halogenated alkanes) is 1. The Morgan fingerprint density at radius 1 is 1.54 bits per heavy atom. The summed E-state index contributed by atoms with van der Waals surface area (Å²) in [6, 6.07) is 0. The van der Waals surface area contributed by atoms with Crippen LogP contribution in [0.15, 0.2) is 0 Å². The number of hydrogen-bond donors (Lipinski definition) is 1. The number of carbonyl (C=O) groups is 1. The summed E-state index contributed by atoms with van der Waals surface area (Å²) in [5.41, 5.74) is 0. The van der Waals surface area contributed by atoms with E-state index in [1.54, 1.807) is 0 Å². The summed E-state index contributed by atoms with van der Waals surface area (Å²) in [5.74, 6) is 0.772. The van der Waals surface area contributed by atoms with Crippen LogP contribution in [0.4, 0.5) is 0 Å². The Balaban J connectivity index is 3.34. The second-order valence-corrected chi connectivity index (χ2v) is 4.28. The molecule has 0 aromatic rings. The highest BCUT2D eigenvalue weighted by atomic mass is 79.9. The molecule has 0 bridgehead atoms. The van der Waals surface area contributed by atoms with Gasteiger partial charge in [0.25, 0.3) is 0 Å². The molecule has 1 N–H and O–H groups in total. The molecule has 1 amide bonds. The summed E-state index contributed by atoms with van der Waals surface area (Å²) in [6.07, 6.45) is 3.88. The van der Waals surface area contributed by atoms with E-state index in [0.29, 0.717) is 12.3 Å². The van der Waals surface area contributed by atoms with E-state index in [1.165, 1.54) is 0 Å². The van der Waals surface area contributed by atoms with Gasteiger partial charge in [-0.25, -0.2) is 0 Å². The third-order valence-corrected chi connectivity index (χ3v) is 2.46. The number of rotatable bonds is 7. The van der Waals surface area contributed by atoms with Gasteiger partial charge in [0.05, 0.1) is 0 Å². The van der Waals surface area contributed by atoms with Gasteiger partial charge in [-0.2, -0.15) is 0 Å². The van der Waals surface area contributed by atoms with Gasteiger partial charge in [0.1, 0.15) is 0 Å². The summed E-state index contributed by atoms with van der Waals surface area (Å²) in [5, 5.41) is 3.96. The summed E-state index contributed by atoms with van der Waals surface area (Å²) < 4.78 is 0. The molecular formula is C10H20BrNO. The molecule has 0 fully saturated rings. The Kier molecular flexibility index (Phi) is 8.51. The number of alkyl halides is 1. The SMILES string of the molecule is CCCCC(=O)NCC(C)CCBr. The Hall–Kier alpha value is -0.0500. The van der Waals surface area contributed by atoms with E-state index < -0.39 is 0 Å². The van der Waals surface area contributed by atoms with Crippen molar-refractivity contribution in [1.29, 1.82) is 0 Å². The van der Waals surface area contributed by atoms with E-state index >= 15 is 0 Å². The number of amides is 1. The van der Waals surface area contributed by atoms with Crippen molar-refractivity contribution >= 4 is 21.8 Å². The van der Waals surface area contributed by atoms with Gasteiger partial charge in [0.2, 0.25) is 5.91 Å². The molecule has 78 valence electrons. The normalized spacial score (nSPS) is 12.5. The van der Waals surface area contributed by atoms with Gasteiger partial charge >= 0.3 is 0 Å². The summed E-state index contributed by atoms with van der Waals surface area (Å²) in [7, 11) is 0. The first kappa shape index (κ1) is 12.9. The Labute approximate surface area is 89.6 Å². The molecule has 0 aliphatic rings. The monoisotopic (exact) mass is 249 g/mol. The minimum atomic E-state index is 0.197. The molecule has 13 heavy (non-hydrogen) atoms. The van der Waals surface area contributed by atoms with Crippen LogP contribution in [0.3, 0.4) is 0 Å². The average molecular weight is 250 g/mol. The number of carbonyl (C=O) groups excluding carboxylic acids is 1. The summed E-state index contributed by atoms with van der Waals surface area (Å²) >= 11 is 3.39. The van der Waals surface area contributed by atoms with Crippen LogP contribution in [0, 0.1) is 5.92 Å². The standard InChI is InChI=1S/C10H20BrNO/c1-3-4-5-10(13)12-8-9(2)6-7-11/h9H,3-8H2,1-2H3,(H,12,13). The summed E-state index contributed by atoms with van der Waals surface area (Å²) in [6.45, 7) is 5.07. The van der Waals surface area contributed by atoms with Crippen molar-refractivity contribution in [2.75, 3.05) is 11.9 Å². The van der Waals surface area contributed by atoms with E-state index in [4.69, 9.17) is 0 Å². The fourth-order valence-electron chi connectivity index (χ4n) is 1.00. The predicted octanol–water partition coefficient (Wildman–Crippen LogP) is 2.71. The van der Waals surface area contributed by atoms with Crippen LogP contribution in [0.5, 0.6) is 0 Å². The molecule has 0 rings (SSSR count). The average Bonchev–Trinajstić information content (AvgIpc) is 2.12. The molecule has 0 heterocycles. The second-order valence-electron chi connectivity index (χ2n) is 3.49. The molecular weight excluding hydrogens is 230 g/mol. The van der Waals surface area contributed by atoms with E-state index in [-0.39, 0.29) is 5.91 Å². The van der Waals surface area contributed by atoms with Crippen molar-refractivity contribution in [1.82, 2.24) is 5.32 Å². The number of hydrogen-bond acceptors (Lipinski definition) is 1. The zero-order valence-corrected chi connectivity index (χ0v) is 10.2. The molecule has 3 heteroatoms. The molecule has 1 atom stereocenters. The lowest BCUT2D eigenvalue weighted by atomic mass is 10.1. The fourth-order valence-corrected chi connectivity index (χ4v) is 1.78. The van der Waals surface area contributed by atoms with Gasteiger partial charge in [-0.05, 0) is 18.8 Å². The van der Waals surface area contributed by atoms with Crippen molar-refractivity contribution in [3.63, 3.8) is 0 Å². The van der Waals surface area contributed by atoms with E-state index in [9.17, 15) is 4.79 Å². The molecule has 0 aromatic heterocycles. The zero-order chi connectivity index (χ0) is 10.1. The minimum absolute atomic E-state index is 0.197. The van der Waals surface area contributed by atoms with Crippen LogP contribution in [0.2, 0.25) is 0 Å². The van der Waals surface area contributed by atoms with Crippen molar-refractivity contribution in [2.45, 2.75) is 39.5 Å². The largest absolute Gasteiger partial charge is 0.356 e. The highest BCUT2D eigenvalue weighted by Crippen LogP contribution is 2.02. The third-order valence-electron chi connectivity index (χ3n) is 2.01. The Bertz CT molecular complexity index is 139. The maximum Gasteiger partial charge on any atom is 0.220 e. The summed E-state index contributed by atoms with van der Waals surface area (Å²) in [4.78, 5) is 11.2. The minimum Gasteiger partial charge on any atom is -0.356 e. The lowest BCUT2D eigenvalue weighted by Crippen LogP contribution is -2.28. The Morgan fingerprint density at radius 3 is 2.77 bits per heavy atom. The fraction of sp³-hybridized carbons (Fsp3) is 0.900. The molecule has 2 nitrogen and oxygen atoms in total. The van der Waals surface area contributed by atoms with Crippen LogP contribution < -0.4 is 5.32 Å². The maximum absolute atomic E-state index is 11.2. The number of halogens is 1. The number of nitrogens with one attached hydrogen (secondary N) is 1. The van der Waals surface area contributed by atoms with Crippen LogP contribution in [-0.4, -0.2) is 17.8 Å². The highest BCUT2D eigenvalue weighted by Gasteiger charge is 2.03. The van der Waals surface area contributed by atoms with Crippen LogP contribution in [-0.2, 0) is 4.79 Å². The van der Waals surface area contributed by atoms with E-state index in [2.05, 4.69) is 35.1 Å². The maximum atomic E-state index is 11.2. The molecule has 0 radical (unpaired) electrons. The first-order chi connectivity index (χ1) is 6.20.